The lowest BCUT2D eigenvalue weighted by atomic mass is 10.0. The van der Waals surface area contributed by atoms with Crippen molar-refractivity contribution in [1.29, 1.82) is 0 Å². The number of amides is 1. The molecule has 0 aliphatic carbocycles. The van der Waals surface area contributed by atoms with E-state index in [0.29, 0.717) is 6.67 Å². The summed E-state index contributed by atoms with van der Waals surface area (Å²) >= 11 is 5.75. The molecule has 0 N–H and O–H groups in total. The predicted molar refractivity (Wildman–Crippen MR) is 78.8 cm³/mol. The van der Waals surface area contributed by atoms with Crippen molar-refractivity contribution in [3.8, 4) is 0 Å². The third-order valence-corrected chi connectivity index (χ3v) is 3.37. The minimum Gasteiger partial charge on any atom is -0.291 e. The average molecular weight is 293 g/mol. The van der Waals surface area contributed by atoms with Gasteiger partial charge in [-0.15, -0.1) is 11.6 Å². The summed E-state index contributed by atoms with van der Waals surface area (Å²) in [5, 5.41) is 4.05. The highest BCUT2D eigenvalue weighted by atomic mass is 35.5. The fourth-order valence-corrected chi connectivity index (χ4v) is 2.33. The average Bonchev–Trinajstić information content (AvgIpc) is 2.97. The number of para-hydroxylation sites is 1. The quantitative estimate of drug-likeness (QED) is 0.795. The van der Waals surface area contributed by atoms with Crippen molar-refractivity contribution in [2.45, 2.75) is 26.9 Å². The molecule has 0 spiro atoms. The number of alkyl halides is 1. The van der Waals surface area contributed by atoms with Gasteiger partial charge in [0.05, 0.1) is 5.69 Å². The van der Waals surface area contributed by atoms with Gasteiger partial charge in [-0.2, -0.15) is 5.10 Å². The van der Waals surface area contributed by atoms with E-state index in [2.05, 4.69) is 17.0 Å². The fourth-order valence-electron chi connectivity index (χ4n) is 2.19. The Kier molecular flexibility index (Phi) is 4.74. The number of carbonyl (C=O) groups is 1. The van der Waals surface area contributed by atoms with Gasteiger partial charge in [0, 0.05) is 0 Å². The number of aryl methyl sites for hydroxylation is 2. The Balaban J connectivity index is 2.43. The molecule has 0 atom stereocenters. The first-order valence-electron chi connectivity index (χ1n) is 6.44. The van der Waals surface area contributed by atoms with Crippen molar-refractivity contribution in [3.63, 3.8) is 0 Å². The van der Waals surface area contributed by atoms with Gasteiger partial charge in [-0.05, 0) is 24.5 Å². The van der Waals surface area contributed by atoms with Gasteiger partial charge in [0.15, 0.2) is 0 Å². The smallest absolute Gasteiger partial charge is 0.243 e. The molecule has 0 saturated heterocycles. The zero-order valence-electron chi connectivity index (χ0n) is 11.6. The lowest BCUT2D eigenvalue weighted by Crippen LogP contribution is -2.35. The van der Waals surface area contributed by atoms with Crippen molar-refractivity contribution in [1.82, 2.24) is 14.8 Å². The van der Waals surface area contributed by atoms with E-state index in [1.54, 1.807) is 15.9 Å². The molecule has 5 nitrogen and oxygen atoms in total. The summed E-state index contributed by atoms with van der Waals surface area (Å²) < 4.78 is 1.61. The molecule has 20 heavy (non-hydrogen) atoms. The molecule has 0 unspecified atom stereocenters. The summed E-state index contributed by atoms with van der Waals surface area (Å²) in [5.41, 5.74) is 3.07. The first-order valence-corrected chi connectivity index (χ1v) is 6.98. The number of nitrogens with zero attached hydrogens (tertiary/aromatic N) is 4. The minimum atomic E-state index is -0.147. The molecule has 2 rings (SSSR count). The van der Waals surface area contributed by atoms with Crippen LogP contribution in [0.3, 0.4) is 0 Å². The van der Waals surface area contributed by atoms with E-state index in [1.165, 1.54) is 6.33 Å². The fraction of sp³-hybridized carbons (Fsp3) is 0.357. The van der Waals surface area contributed by atoms with Crippen LogP contribution in [-0.2, 0) is 17.9 Å². The third kappa shape index (κ3) is 2.99. The zero-order chi connectivity index (χ0) is 14.5. The van der Waals surface area contributed by atoms with Crippen LogP contribution < -0.4 is 4.90 Å². The van der Waals surface area contributed by atoms with Gasteiger partial charge in [-0.25, -0.2) is 9.67 Å². The highest BCUT2D eigenvalue weighted by Crippen LogP contribution is 2.26. The second-order valence-corrected chi connectivity index (χ2v) is 4.74. The Morgan fingerprint density at radius 1 is 1.45 bits per heavy atom. The summed E-state index contributed by atoms with van der Waals surface area (Å²) in [6.07, 6.45) is 3.88. The Morgan fingerprint density at radius 2 is 2.25 bits per heavy atom. The van der Waals surface area contributed by atoms with Crippen molar-refractivity contribution in [2.24, 2.45) is 0 Å². The topological polar surface area (TPSA) is 51.0 Å². The number of anilines is 1. The van der Waals surface area contributed by atoms with Crippen LogP contribution in [0.5, 0.6) is 0 Å². The maximum absolute atomic E-state index is 12.2. The molecule has 0 saturated carbocycles. The Bertz CT molecular complexity index is 583. The van der Waals surface area contributed by atoms with Crippen LogP contribution in [0.4, 0.5) is 5.69 Å². The summed E-state index contributed by atoms with van der Waals surface area (Å²) in [5.74, 6) is -0.210. The van der Waals surface area contributed by atoms with E-state index in [9.17, 15) is 4.79 Å². The molecule has 6 heteroatoms. The van der Waals surface area contributed by atoms with Gasteiger partial charge >= 0.3 is 0 Å². The molecular weight excluding hydrogens is 276 g/mol. The van der Waals surface area contributed by atoms with Crippen LogP contribution in [0.25, 0.3) is 0 Å². The van der Waals surface area contributed by atoms with E-state index in [4.69, 9.17) is 11.6 Å². The molecule has 0 fully saturated rings. The number of halogens is 1. The number of rotatable bonds is 5. The molecule has 1 heterocycles. The zero-order valence-corrected chi connectivity index (χ0v) is 12.3. The van der Waals surface area contributed by atoms with E-state index >= 15 is 0 Å². The summed E-state index contributed by atoms with van der Waals surface area (Å²) in [7, 11) is 0. The van der Waals surface area contributed by atoms with Gasteiger partial charge in [0.2, 0.25) is 5.91 Å². The lowest BCUT2D eigenvalue weighted by molar-refractivity contribution is -0.116. The highest BCUT2D eigenvalue weighted by molar-refractivity contribution is 6.29. The summed E-state index contributed by atoms with van der Waals surface area (Å²) in [6.45, 7) is 4.37. The van der Waals surface area contributed by atoms with Gasteiger partial charge in [0.1, 0.15) is 25.2 Å². The molecule has 0 aliphatic rings. The molecular formula is C14H17ClN4O. The first kappa shape index (κ1) is 14.5. The first-order chi connectivity index (χ1) is 9.67. The van der Waals surface area contributed by atoms with Crippen LogP contribution >= 0.6 is 11.6 Å². The van der Waals surface area contributed by atoms with Gasteiger partial charge in [-0.1, -0.05) is 25.1 Å². The van der Waals surface area contributed by atoms with Gasteiger partial charge in [0.25, 0.3) is 0 Å². The maximum atomic E-state index is 12.2. The van der Waals surface area contributed by atoms with Crippen molar-refractivity contribution in [2.75, 3.05) is 10.8 Å². The van der Waals surface area contributed by atoms with Gasteiger partial charge in [-0.3, -0.25) is 9.69 Å². The minimum absolute atomic E-state index is 0.0633. The highest BCUT2D eigenvalue weighted by Gasteiger charge is 2.20. The number of hydrogen-bond donors (Lipinski definition) is 0. The number of carbonyl (C=O) groups excluding carboxylic acids is 1. The van der Waals surface area contributed by atoms with E-state index in [1.807, 2.05) is 25.1 Å². The molecule has 1 aromatic carbocycles. The van der Waals surface area contributed by atoms with E-state index in [0.717, 1.165) is 23.2 Å². The molecule has 0 bridgehead atoms. The van der Waals surface area contributed by atoms with Gasteiger partial charge < -0.3 is 0 Å². The molecule has 2 aromatic rings. The van der Waals surface area contributed by atoms with Crippen LogP contribution in [-0.4, -0.2) is 26.6 Å². The second-order valence-electron chi connectivity index (χ2n) is 4.47. The van der Waals surface area contributed by atoms with E-state index < -0.39 is 0 Å². The Hall–Kier alpha value is -1.88. The molecule has 0 aliphatic heterocycles. The van der Waals surface area contributed by atoms with E-state index in [-0.39, 0.29) is 11.8 Å². The van der Waals surface area contributed by atoms with Crippen LogP contribution in [0, 0.1) is 6.92 Å². The monoisotopic (exact) mass is 292 g/mol. The standard InChI is InChI=1S/C14H17ClN4O/c1-3-12-6-4-5-11(2)14(12)19(13(20)7-15)10-18-9-16-8-17-18/h4-6,8-9H,3,7,10H2,1-2H3. The Labute approximate surface area is 123 Å². The molecule has 1 aromatic heterocycles. The normalized spacial score (nSPS) is 10.6. The molecule has 1 amide bonds. The number of hydrogen-bond acceptors (Lipinski definition) is 3. The Morgan fingerprint density at radius 3 is 2.85 bits per heavy atom. The van der Waals surface area contributed by atoms with Crippen molar-refractivity contribution < 1.29 is 4.79 Å². The van der Waals surface area contributed by atoms with Crippen LogP contribution in [0.2, 0.25) is 0 Å². The van der Waals surface area contributed by atoms with Crippen molar-refractivity contribution in [3.05, 3.63) is 42.0 Å². The van der Waals surface area contributed by atoms with Crippen LogP contribution in [0.15, 0.2) is 30.9 Å². The summed E-state index contributed by atoms with van der Waals surface area (Å²) in [4.78, 5) is 17.8. The molecule has 0 radical (unpaired) electrons. The maximum Gasteiger partial charge on any atom is 0.243 e. The number of benzene rings is 1. The van der Waals surface area contributed by atoms with Crippen LogP contribution in [0.1, 0.15) is 18.1 Å². The third-order valence-electron chi connectivity index (χ3n) is 3.14. The SMILES string of the molecule is CCc1cccc(C)c1N(Cn1cncn1)C(=O)CCl. The van der Waals surface area contributed by atoms with Crippen molar-refractivity contribution >= 4 is 23.2 Å². The lowest BCUT2D eigenvalue weighted by Gasteiger charge is -2.26. The predicted octanol–water partition coefficient (Wildman–Crippen LogP) is 2.38. The second kappa shape index (κ2) is 6.52. The summed E-state index contributed by atoms with van der Waals surface area (Å²) in [6, 6.07) is 6.01. The largest absolute Gasteiger partial charge is 0.291 e. The number of aromatic nitrogens is 3. The molecule has 106 valence electrons.